The lowest BCUT2D eigenvalue weighted by Crippen LogP contribution is -2.21. The van der Waals surface area contributed by atoms with Gasteiger partial charge in [-0.3, -0.25) is 4.18 Å². The molecule has 3 heterocycles. The molecule has 0 radical (unpaired) electrons. The van der Waals surface area contributed by atoms with E-state index in [1.165, 1.54) is 18.6 Å². The van der Waals surface area contributed by atoms with Gasteiger partial charge in [0.05, 0.1) is 25.2 Å². The Morgan fingerprint density at radius 1 is 1.03 bits per heavy atom. The van der Waals surface area contributed by atoms with Crippen molar-refractivity contribution in [3.8, 4) is 34.6 Å². The van der Waals surface area contributed by atoms with E-state index in [-0.39, 0.29) is 5.88 Å². The van der Waals surface area contributed by atoms with Gasteiger partial charge in [-0.15, -0.1) is 0 Å². The first-order valence-corrected chi connectivity index (χ1v) is 9.49. The van der Waals surface area contributed by atoms with Crippen molar-refractivity contribution in [2.45, 2.75) is 19.8 Å². The highest BCUT2D eigenvalue weighted by atomic mass is 32.2. The number of alkyl halides is 2. The molecule has 30 heavy (non-hydrogen) atoms. The van der Waals surface area contributed by atoms with E-state index in [0.29, 0.717) is 35.4 Å². The van der Waals surface area contributed by atoms with Crippen LogP contribution in [0.2, 0.25) is 0 Å². The molecule has 8 nitrogen and oxygen atoms in total. The molecule has 0 saturated carbocycles. The maximum atomic E-state index is 12.9. The van der Waals surface area contributed by atoms with Crippen LogP contribution in [0.3, 0.4) is 0 Å². The highest BCUT2D eigenvalue weighted by molar-refractivity contribution is 7.90. The Morgan fingerprint density at radius 2 is 1.90 bits per heavy atom. The zero-order valence-electron chi connectivity index (χ0n) is 16.1. The van der Waals surface area contributed by atoms with Crippen molar-refractivity contribution >= 4 is 12.3 Å². The summed E-state index contributed by atoms with van der Waals surface area (Å²) in [5, 5.41) is 0. The van der Waals surface area contributed by atoms with Crippen LogP contribution in [0.15, 0.2) is 49.1 Å². The van der Waals surface area contributed by atoms with E-state index in [2.05, 4.69) is 19.9 Å². The van der Waals surface area contributed by atoms with Crippen LogP contribution in [-0.4, -0.2) is 39.1 Å². The van der Waals surface area contributed by atoms with Gasteiger partial charge in [-0.05, 0) is 13.0 Å². The molecule has 0 aliphatic rings. The van der Waals surface area contributed by atoms with Crippen LogP contribution in [-0.2, 0) is 4.18 Å². The molecule has 0 aliphatic heterocycles. The van der Waals surface area contributed by atoms with E-state index in [1.54, 1.807) is 30.5 Å². The first-order valence-electron chi connectivity index (χ1n) is 8.83. The Kier molecular flexibility index (Phi) is 7.31. The predicted octanol–water partition coefficient (Wildman–Crippen LogP) is 4.74. The van der Waals surface area contributed by atoms with Crippen molar-refractivity contribution in [1.82, 2.24) is 19.9 Å². The molecule has 0 aliphatic carbocycles. The van der Waals surface area contributed by atoms with Crippen LogP contribution >= 0.6 is 12.3 Å². The molecule has 0 bridgehead atoms. The lowest BCUT2D eigenvalue weighted by Gasteiger charge is -2.12. The minimum Gasteiger partial charge on any atom is -0.470 e. The van der Waals surface area contributed by atoms with Gasteiger partial charge in [-0.2, -0.15) is 0 Å². The summed E-state index contributed by atoms with van der Waals surface area (Å²) >= 11 is 0.777. The summed E-state index contributed by atoms with van der Waals surface area (Å²) in [4.78, 5) is 16.6. The van der Waals surface area contributed by atoms with Gasteiger partial charge in [0.15, 0.2) is 18.1 Å². The summed E-state index contributed by atoms with van der Waals surface area (Å²) in [5.74, 6) is -1.90. The molecule has 0 aromatic carbocycles. The molecular formula is C19H18F2N4O4S. The molecule has 3 aromatic heterocycles. The molecular weight excluding hydrogens is 418 g/mol. The number of hydrogen-bond acceptors (Lipinski definition) is 9. The molecule has 0 atom stereocenters. The SMILES string of the molecule is CCOSOc1cc(Oc2ccccn2)cnc1-c1cnc(OCC(C)(F)F)cn1. The average Bonchev–Trinajstić information content (AvgIpc) is 2.73. The van der Waals surface area contributed by atoms with Crippen LogP contribution in [0.25, 0.3) is 11.4 Å². The van der Waals surface area contributed by atoms with Crippen molar-refractivity contribution in [1.29, 1.82) is 0 Å². The Labute approximate surface area is 176 Å². The number of pyridine rings is 2. The van der Waals surface area contributed by atoms with Crippen LogP contribution in [0.5, 0.6) is 23.3 Å². The van der Waals surface area contributed by atoms with E-state index in [0.717, 1.165) is 19.2 Å². The fraction of sp³-hybridized carbons (Fsp3) is 0.263. The van der Waals surface area contributed by atoms with Crippen LogP contribution in [0, 0.1) is 0 Å². The Bertz CT molecular complexity index is 944. The molecule has 0 unspecified atom stereocenters. The Balaban J connectivity index is 1.81. The summed E-state index contributed by atoms with van der Waals surface area (Å²) in [6, 6.07) is 6.87. The molecule has 11 heteroatoms. The number of nitrogens with zero attached hydrogens (tertiary/aromatic N) is 4. The topological polar surface area (TPSA) is 88.5 Å². The summed E-state index contributed by atoms with van der Waals surface area (Å²) < 4.78 is 47.2. The number of rotatable bonds is 10. The summed E-state index contributed by atoms with van der Waals surface area (Å²) in [6.45, 7) is 2.22. The van der Waals surface area contributed by atoms with Gasteiger partial charge in [-0.1, -0.05) is 6.07 Å². The maximum absolute atomic E-state index is 12.9. The van der Waals surface area contributed by atoms with Gasteiger partial charge in [0.1, 0.15) is 11.4 Å². The predicted molar refractivity (Wildman–Crippen MR) is 106 cm³/mol. The third-order valence-corrected chi connectivity index (χ3v) is 3.90. The van der Waals surface area contributed by atoms with Crippen molar-refractivity contribution < 1.29 is 26.6 Å². The Hall–Kier alpha value is -3.05. The van der Waals surface area contributed by atoms with E-state index in [9.17, 15) is 8.78 Å². The number of aromatic nitrogens is 4. The second-order valence-corrected chi connectivity index (χ2v) is 6.48. The van der Waals surface area contributed by atoms with Gasteiger partial charge in [-0.25, -0.2) is 28.7 Å². The van der Waals surface area contributed by atoms with Gasteiger partial charge in [0.25, 0.3) is 5.92 Å². The van der Waals surface area contributed by atoms with Crippen molar-refractivity contribution in [3.63, 3.8) is 0 Å². The molecule has 3 aromatic rings. The highest BCUT2D eigenvalue weighted by Crippen LogP contribution is 2.33. The standard InChI is InChI=1S/C19H18F2N4O4S/c1-3-27-30-29-15-8-13(28-16-6-4-5-7-22-16)9-25-18(15)14-10-24-17(11-23-14)26-12-19(2,20)21/h4-11H,3,12H2,1-2H3. The highest BCUT2D eigenvalue weighted by Gasteiger charge is 2.22. The molecule has 0 spiro atoms. The van der Waals surface area contributed by atoms with Gasteiger partial charge in [0, 0.05) is 25.3 Å². The molecule has 0 fully saturated rings. The monoisotopic (exact) mass is 436 g/mol. The second-order valence-electron chi connectivity index (χ2n) is 5.94. The number of hydrogen-bond donors (Lipinski definition) is 0. The van der Waals surface area contributed by atoms with Crippen LogP contribution in [0.4, 0.5) is 8.78 Å². The summed E-state index contributed by atoms with van der Waals surface area (Å²) in [5.41, 5.74) is 0.706. The van der Waals surface area contributed by atoms with Crippen LogP contribution in [0.1, 0.15) is 13.8 Å². The van der Waals surface area contributed by atoms with Gasteiger partial charge >= 0.3 is 0 Å². The lowest BCUT2D eigenvalue weighted by molar-refractivity contribution is -0.0243. The molecule has 3 rings (SSSR count). The molecule has 0 saturated heterocycles. The third kappa shape index (κ3) is 6.49. The molecule has 0 amide bonds. The summed E-state index contributed by atoms with van der Waals surface area (Å²) in [7, 11) is 0. The lowest BCUT2D eigenvalue weighted by atomic mass is 10.2. The van der Waals surface area contributed by atoms with E-state index < -0.39 is 12.5 Å². The minimum absolute atomic E-state index is 0.0264. The molecule has 158 valence electrons. The van der Waals surface area contributed by atoms with Gasteiger partial charge in [0.2, 0.25) is 24.1 Å². The fourth-order valence-electron chi connectivity index (χ4n) is 2.09. The third-order valence-electron chi connectivity index (χ3n) is 3.32. The average molecular weight is 436 g/mol. The zero-order chi connectivity index (χ0) is 21.4. The van der Waals surface area contributed by atoms with E-state index in [1.807, 2.05) is 6.92 Å². The normalized spacial score (nSPS) is 11.2. The van der Waals surface area contributed by atoms with E-state index >= 15 is 0 Å². The quantitative estimate of drug-likeness (QED) is 0.330. The molecule has 0 N–H and O–H groups in total. The fourth-order valence-corrected chi connectivity index (χ4v) is 2.43. The van der Waals surface area contributed by atoms with Crippen molar-refractivity contribution in [2.24, 2.45) is 0 Å². The van der Waals surface area contributed by atoms with E-state index in [4.69, 9.17) is 17.8 Å². The first kappa shape index (κ1) is 21.7. The van der Waals surface area contributed by atoms with Crippen molar-refractivity contribution in [3.05, 3.63) is 49.1 Å². The van der Waals surface area contributed by atoms with Gasteiger partial charge < -0.3 is 13.7 Å². The zero-order valence-corrected chi connectivity index (χ0v) is 16.9. The minimum atomic E-state index is -2.97. The smallest absolute Gasteiger partial charge is 0.278 e. The summed E-state index contributed by atoms with van der Waals surface area (Å²) in [6.07, 6.45) is 5.67. The number of ether oxygens (including phenoxy) is 2. The van der Waals surface area contributed by atoms with Crippen LogP contribution < -0.4 is 13.7 Å². The first-order chi connectivity index (χ1) is 14.4. The number of halogens is 2. The largest absolute Gasteiger partial charge is 0.470 e. The Morgan fingerprint density at radius 3 is 2.57 bits per heavy atom. The second kappa shape index (κ2) is 10.1. The maximum Gasteiger partial charge on any atom is 0.278 e. The van der Waals surface area contributed by atoms with Crippen molar-refractivity contribution in [2.75, 3.05) is 13.2 Å².